The molecule has 0 unspecified atom stereocenters. The maximum Gasteiger partial charge on any atom is 0.433 e. The number of hydrogen-bond donors (Lipinski definition) is 0. The van der Waals surface area contributed by atoms with Crippen molar-refractivity contribution < 1.29 is 31.5 Å². The van der Waals surface area contributed by atoms with Gasteiger partial charge in [0.25, 0.3) is 6.43 Å². The molecule has 0 aliphatic rings. The molecule has 0 spiro atoms. The summed E-state index contributed by atoms with van der Waals surface area (Å²) in [5.74, 6) is -1.29. The van der Waals surface area contributed by atoms with E-state index >= 15 is 0 Å². The van der Waals surface area contributed by atoms with Crippen LogP contribution in [0.25, 0.3) is 0 Å². The number of carbonyl (C=O) groups is 1. The summed E-state index contributed by atoms with van der Waals surface area (Å²) in [5.41, 5.74) is -3.73. The van der Waals surface area contributed by atoms with Gasteiger partial charge in [0.05, 0.1) is 11.6 Å². The van der Waals surface area contributed by atoms with Crippen molar-refractivity contribution in [3.63, 3.8) is 0 Å². The van der Waals surface area contributed by atoms with Crippen molar-refractivity contribution in [2.45, 2.75) is 19.5 Å². The lowest BCUT2D eigenvalue weighted by Crippen LogP contribution is -2.16. The van der Waals surface area contributed by atoms with Gasteiger partial charge in [0.1, 0.15) is 5.69 Å². The second-order valence-electron chi connectivity index (χ2n) is 3.28. The number of pyridine rings is 1. The average Bonchev–Trinajstić information content (AvgIpc) is 2.27. The predicted molar refractivity (Wildman–Crippen MR) is 55.2 cm³/mol. The number of aromatic nitrogens is 1. The minimum absolute atomic E-state index is 0.107. The summed E-state index contributed by atoms with van der Waals surface area (Å²) in [7, 11) is 0. The van der Waals surface area contributed by atoms with Crippen molar-refractivity contribution in [1.82, 2.24) is 4.98 Å². The first-order valence-electron chi connectivity index (χ1n) is 4.91. The van der Waals surface area contributed by atoms with Crippen LogP contribution in [0.3, 0.4) is 0 Å². The van der Waals surface area contributed by atoms with Gasteiger partial charge in [0.2, 0.25) is 0 Å². The third-order valence-corrected chi connectivity index (χ3v) is 2.38. The molecule has 9 heteroatoms. The number of ether oxygens (including phenoxy) is 1. The molecular weight excluding hydrogens is 297 g/mol. The summed E-state index contributed by atoms with van der Waals surface area (Å²) in [4.78, 5) is 14.3. The van der Waals surface area contributed by atoms with E-state index in [0.29, 0.717) is 0 Å². The third kappa shape index (κ3) is 3.52. The normalized spacial score (nSPS) is 11.8. The second kappa shape index (κ2) is 5.68. The van der Waals surface area contributed by atoms with Crippen LogP contribution < -0.4 is 0 Å². The van der Waals surface area contributed by atoms with E-state index in [2.05, 4.69) is 9.72 Å². The molecule has 0 N–H and O–H groups in total. The minimum Gasteiger partial charge on any atom is -0.461 e. The average molecular weight is 304 g/mol. The molecular formula is C10H7ClF5NO2. The zero-order valence-corrected chi connectivity index (χ0v) is 10.1. The smallest absolute Gasteiger partial charge is 0.433 e. The fourth-order valence-electron chi connectivity index (χ4n) is 1.19. The van der Waals surface area contributed by atoms with Crippen LogP contribution >= 0.6 is 11.6 Å². The number of alkyl halides is 5. The maximum atomic E-state index is 12.6. The first-order valence-corrected chi connectivity index (χ1v) is 5.29. The van der Waals surface area contributed by atoms with Crippen LogP contribution in [0, 0.1) is 0 Å². The Balaban J connectivity index is 3.45. The number of rotatable bonds is 3. The summed E-state index contributed by atoms with van der Waals surface area (Å²) in [5, 5.41) is -0.846. The maximum absolute atomic E-state index is 12.6. The number of carbonyl (C=O) groups excluding carboxylic acids is 1. The van der Waals surface area contributed by atoms with Crippen LogP contribution in [0.5, 0.6) is 0 Å². The molecule has 1 aromatic heterocycles. The lowest BCUT2D eigenvalue weighted by molar-refractivity contribution is -0.141. The third-order valence-electron chi connectivity index (χ3n) is 1.98. The first-order chi connectivity index (χ1) is 8.68. The van der Waals surface area contributed by atoms with Crippen molar-refractivity contribution in [2.75, 3.05) is 6.61 Å². The minimum atomic E-state index is -4.98. The van der Waals surface area contributed by atoms with Gasteiger partial charge in [-0.05, 0) is 13.0 Å². The van der Waals surface area contributed by atoms with E-state index < -0.39 is 40.5 Å². The first kappa shape index (κ1) is 15.6. The summed E-state index contributed by atoms with van der Waals surface area (Å²) in [6.07, 6.45) is -8.25. The molecule has 106 valence electrons. The second-order valence-corrected chi connectivity index (χ2v) is 3.66. The van der Waals surface area contributed by atoms with Gasteiger partial charge in [-0.2, -0.15) is 13.2 Å². The van der Waals surface area contributed by atoms with Gasteiger partial charge in [-0.3, -0.25) is 0 Å². The molecule has 0 radical (unpaired) electrons. The Morgan fingerprint density at radius 3 is 2.47 bits per heavy atom. The van der Waals surface area contributed by atoms with Crippen LogP contribution in [0.1, 0.15) is 35.1 Å². The van der Waals surface area contributed by atoms with E-state index in [1.165, 1.54) is 6.92 Å². The summed E-state index contributed by atoms with van der Waals surface area (Å²) in [6, 6.07) is 0.107. The van der Waals surface area contributed by atoms with Crippen LogP contribution in [0.2, 0.25) is 5.02 Å². The highest BCUT2D eigenvalue weighted by atomic mass is 35.5. The molecule has 0 aliphatic heterocycles. The van der Waals surface area contributed by atoms with Gasteiger partial charge in [-0.25, -0.2) is 18.6 Å². The van der Waals surface area contributed by atoms with E-state index in [1.807, 2.05) is 0 Å². The molecule has 1 rings (SSSR count). The van der Waals surface area contributed by atoms with Crippen LogP contribution in [0.4, 0.5) is 22.0 Å². The summed E-state index contributed by atoms with van der Waals surface area (Å²) >= 11 is 5.45. The van der Waals surface area contributed by atoms with Gasteiger partial charge < -0.3 is 4.74 Å². The quantitative estimate of drug-likeness (QED) is 0.628. The van der Waals surface area contributed by atoms with Crippen molar-refractivity contribution in [1.29, 1.82) is 0 Å². The molecule has 1 heterocycles. The van der Waals surface area contributed by atoms with Gasteiger partial charge in [0, 0.05) is 5.56 Å². The Kier molecular flexibility index (Phi) is 4.67. The van der Waals surface area contributed by atoms with E-state index in [1.54, 1.807) is 0 Å². The molecule has 0 amide bonds. The van der Waals surface area contributed by atoms with Gasteiger partial charge in [0.15, 0.2) is 5.69 Å². The Bertz CT molecular complexity index is 490. The summed E-state index contributed by atoms with van der Waals surface area (Å²) in [6.45, 7) is 1.24. The van der Waals surface area contributed by atoms with Crippen molar-refractivity contribution >= 4 is 17.6 Å². The van der Waals surface area contributed by atoms with Crippen molar-refractivity contribution in [3.05, 3.63) is 28.0 Å². The standard InChI is InChI=1S/C10H7ClF5NO2/c1-2-19-9(18)7-6(11)4(8(12)13)3-5(17-7)10(14,15)16/h3,8H,2H2,1H3. The predicted octanol–water partition coefficient (Wildman–Crippen LogP) is 3.87. The summed E-state index contributed by atoms with van der Waals surface area (Å²) < 4.78 is 67.1. The fourth-order valence-corrected chi connectivity index (χ4v) is 1.44. The van der Waals surface area contributed by atoms with Crippen LogP contribution in [-0.2, 0) is 10.9 Å². The number of halogens is 6. The zero-order valence-electron chi connectivity index (χ0n) is 9.39. The van der Waals surface area contributed by atoms with E-state index in [-0.39, 0.29) is 12.7 Å². The lowest BCUT2D eigenvalue weighted by atomic mass is 10.2. The van der Waals surface area contributed by atoms with Gasteiger partial charge in [-0.15, -0.1) is 0 Å². The Morgan fingerprint density at radius 1 is 1.47 bits per heavy atom. The number of hydrogen-bond acceptors (Lipinski definition) is 3. The van der Waals surface area contributed by atoms with Crippen molar-refractivity contribution in [3.8, 4) is 0 Å². The molecule has 0 fully saturated rings. The highest BCUT2D eigenvalue weighted by Gasteiger charge is 2.36. The number of esters is 1. The Labute approximate surface area is 109 Å². The van der Waals surface area contributed by atoms with E-state index in [0.717, 1.165) is 0 Å². The van der Waals surface area contributed by atoms with Crippen LogP contribution in [0.15, 0.2) is 6.07 Å². The molecule has 0 aliphatic carbocycles. The van der Waals surface area contributed by atoms with E-state index in [9.17, 15) is 26.7 Å². The van der Waals surface area contributed by atoms with Crippen LogP contribution in [-0.4, -0.2) is 17.6 Å². The van der Waals surface area contributed by atoms with Crippen molar-refractivity contribution in [2.24, 2.45) is 0 Å². The van der Waals surface area contributed by atoms with Gasteiger partial charge in [-0.1, -0.05) is 11.6 Å². The molecule has 3 nitrogen and oxygen atoms in total. The Morgan fingerprint density at radius 2 is 2.05 bits per heavy atom. The molecule has 1 aromatic rings. The monoisotopic (exact) mass is 303 g/mol. The molecule has 0 aromatic carbocycles. The van der Waals surface area contributed by atoms with E-state index in [4.69, 9.17) is 11.6 Å². The molecule has 0 atom stereocenters. The molecule has 0 saturated carbocycles. The van der Waals surface area contributed by atoms with Gasteiger partial charge >= 0.3 is 12.1 Å². The zero-order chi connectivity index (χ0) is 14.8. The topological polar surface area (TPSA) is 39.2 Å². The largest absolute Gasteiger partial charge is 0.461 e. The number of nitrogens with zero attached hydrogens (tertiary/aromatic N) is 1. The Hall–Kier alpha value is -1.44. The molecule has 0 bridgehead atoms. The molecule has 0 saturated heterocycles. The highest BCUT2D eigenvalue weighted by molar-refractivity contribution is 6.34. The lowest BCUT2D eigenvalue weighted by Gasteiger charge is -2.12. The highest BCUT2D eigenvalue weighted by Crippen LogP contribution is 2.35. The SMILES string of the molecule is CCOC(=O)c1nc(C(F)(F)F)cc(C(F)F)c1Cl. The fraction of sp³-hybridized carbons (Fsp3) is 0.400. The molecule has 19 heavy (non-hydrogen) atoms.